The third kappa shape index (κ3) is 3.99. The average molecular weight is 415 g/mol. The van der Waals surface area contributed by atoms with Crippen LogP contribution < -0.4 is 15.9 Å². The molecule has 0 unspecified atom stereocenters. The minimum absolute atomic E-state index is 0.685. The van der Waals surface area contributed by atoms with Crippen molar-refractivity contribution < 1.29 is 0 Å². The van der Waals surface area contributed by atoms with Gasteiger partial charge in [-0.15, -0.1) is 0 Å². The third-order valence-corrected chi connectivity index (χ3v) is 12.5. The van der Waals surface area contributed by atoms with E-state index in [1.165, 1.54) is 15.9 Å². The normalized spacial score (nSPS) is 13.3. The minimum atomic E-state index is -3.14. The van der Waals surface area contributed by atoms with Crippen molar-refractivity contribution in [2.45, 2.75) is 12.8 Å². The van der Waals surface area contributed by atoms with E-state index in [0.717, 1.165) is 19.0 Å². The van der Waals surface area contributed by atoms with Gasteiger partial charge in [0.2, 0.25) is 0 Å². The Morgan fingerprint density at radius 2 is 1.04 bits per heavy atom. The molecule has 3 aromatic rings. The molecule has 0 bridgehead atoms. The Morgan fingerprint density at radius 1 is 0.630 bits per heavy atom. The summed E-state index contributed by atoms with van der Waals surface area (Å²) in [7, 11) is 0. The fraction of sp³-hybridized carbons (Fsp3) is 0.167. The molecule has 0 heterocycles. The standard InChI is InChI=1S/C24H25Cl2P/c25-20-12-1-2-13-21-27(26,22-14-6-3-7-15-22,23-16-8-4-9-17-23)24-18-10-5-11-19-24/h2-11,13-19H,1,12,20-21H2. The van der Waals surface area contributed by atoms with Gasteiger partial charge in [-0.3, -0.25) is 0 Å². The second-order valence-electron chi connectivity index (χ2n) is 6.67. The SMILES string of the molecule is ClCCCC=CCP(Cl)(c1ccccc1)(c1ccccc1)c1ccccc1. The van der Waals surface area contributed by atoms with E-state index in [2.05, 4.69) is 84.9 Å². The fourth-order valence-corrected chi connectivity index (χ4v) is 9.43. The fourth-order valence-electron chi connectivity index (χ4n) is 3.57. The molecule has 0 aliphatic carbocycles. The molecular weight excluding hydrogens is 390 g/mol. The molecule has 140 valence electrons. The van der Waals surface area contributed by atoms with E-state index in [4.69, 9.17) is 22.8 Å². The second kappa shape index (κ2) is 9.07. The molecule has 0 aliphatic rings. The quantitative estimate of drug-likeness (QED) is 0.177. The molecule has 0 nitrogen and oxygen atoms in total. The van der Waals surface area contributed by atoms with Crippen molar-refractivity contribution in [2.75, 3.05) is 12.0 Å². The molecular formula is C24H25Cl2P. The van der Waals surface area contributed by atoms with E-state index in [1.54, 1.807) is 0 Å². The first-order valence-corrected chi connectivity index (χ1v) is 13.2. The van der Waals surface area contributed by atoms with E-state index in [9.17, 15) is 0 Å². The summed E-state index contributed by atoms with van der Waals surface area (Å²) in [4.78, 5) is 0. The molecule has 0 amide bonds. The molecule has 0 spiro atoms. The van der Waals surface area contributed by atoms with Gasteiger partial charge in [0.1, 0.15) is 0 Å². The summed E-state index contributed by atoms with van der Waals surface area (Å²) in [5, 5.41) is 3.60. The van der Waals surface area contributed by atoms with E-state index < -0.39 is 5.96 Å². The summed E-state index contributed by atoms with van der Waals surface area (Å²) in [5.41, 5.74) is 0. The molecule has 0 N–H and O–H groups in total. The van der Waals surface area contributed by atoms with E-state index >= 15 is 0 Å². The molecule has 3 heteroatoms. The summed E-state index contributed by atoms with van der Waals surface area (Å²) >= 11 is 13.8. The summed E-state index contributed by atoms with van der Waals surface area (Å²) in [6.45, 7) is 0. The van der Waals surface area contributed by atoms with Crippen LogP contribution in [0.4, 0.5) is 0 Å². The number of benzene rings is 3. The van der Waals surface area contributed by atoms with E-state index in [0.29, 0.717) is 5.88 Å². The van der Waals surface area contributed by atoms with Crippen LogP contribution in [0.15, 0.2) is 103 Å². The molecule has 3 aromatic carbocycles. The average Bonchev–Trinajstić information content (AvgIpc) is 2.75. The van der Waals surface area contributed by atoms with Gasteiger partial charge in [-0.1, -0.05) is 0 Å². The number of rotatable bonds is 8. The summed E-state index contributed by atoms with van der Waals surface area (Å²) in [6, 6.07) is 31.7. The van der Waals surface area contributed by atoms with Crippen LogP contribution in [-0.2, 0) is 0 Å². The van der Waals surface area contributed by atoms with Crippen LogP contribution in [-0.4, -0.2) is 12.0 Å². The van der Waals surface area contributed by atoms with Crippen molar-refractivity contribution in [3.8, 4) is 0 Å². The van der Waals surface area contributed by atoms with Gasteiger partial charge >= 0.3 is 173 Å². The Labute approximate surface area is 172 Å². The predicted molar refractivity (Wildman–Crippen MR) is 125 cm³/mol. The van der Waals surface area contributed by atoms with Crippen molar-refractivity contribution >= 4 is 44.7 Å². The van der Waals surface area contributed by atoms with Crippen LogP contribution in [0.2, 0.25) is 0 Å². The zero-order valence-corrected chi connectivity index (χ0v) is 17.8. The van der Waals surface area contributed by atoms with Crippen molar-refractivity contribution in [2.24, 2.45) is 0 Å². The zero-order chi connectivity index (χ0) is 19.0. The van der Waals surface area contributed by atoms with E-state index in [1.807, 2.05) is 18.2 Å². The number of allylic oxidation sites excluding steroid dienone is 2. The van der Waals surface area contributed by atoms with Crippen molar-refractivity contribution in [1.29, 1.82) is 0 Å². The molecule has 0 saturated heterocycles. The number of alkyl halides is 1. The Bertz CT molecular complexity index is 761. The first-order valence-electron chi connectivity index (χ1n) is 9.31. The van der Waals surface area contributed by atoms with Gasteiger partial charge in [-0.05, 0) is 0 Å². The Morgan fingerprint density at radius 3 is 1.41 bits per heavy atom. The van der Waals surface area contributed by atoms with Gasteiger partial charge in [0.25, 0.3) is 0 Å². The van der Waals surface area contributed by atoms with Crippen LogP contribution in [0.25, 0.3) is 0 Å². The van der Waals surface area contributed by atoms with Gasteiger partial charge in [0.05, 0.1) is 0 Å². The van der Waals surface area contributed by atoms with Gasteiger partial charge in [-0.2, -0.15) is 0 Å². The first kappa shape index (κ1) is 20.2. The zero-order valence-electron chi connectivity index (χ0n) is 15.3. The van der Waals surface area contributed by atoms with Crippen LogP contribution in [0.5, 0.6) is 0 Å². The van der Waals surface area contributed by atoms with Gasteiger partial charge in [-0.25, -0.2) is 0 Å². The van der Waals surface area contributed by atoms with Crippen molar-refractivity contribution in [3.05, 3.63) is 103 Å². The van der Waals surface area contributed by atoms with E-state index in [-0.39, 0.29) is 0 Å². The Hall–Kier alpha value is -1.59. The maximum atomic E-state index is 7.94. The third-order valence-electron chi connectivity index (χ3n) is 5.00. The number of halogens is 2. The molecule has 0 radical (unpaired) electrons. The predicted octanol–water partition coefficient (Wildman–Crippen LogP) is 6.25. The molecule has 3 rings (SSSR count). The summed E-state index contributed by atoms with van der Waals surface area (Å²) < 4.78 is 0. The van der Waals surface area contributed by atoms with Crippen LogP contribution in [0.3, 0.4) is 0 Å². The molecule has 27 heavy (non-hydrogen) atoms. The summed E-state index contributed by atoms with van der Waals surface area (Å²) in [5.74, 6) is -2.46. The number of hydrogen-bond donors (Lipinski definition) is 0. The second-order valence-corrected chi connectivity index (χ2v) is 13.6. The summed E-state index contributed by atoms with van der Waals surface area (Å²) in [6.07, 6.45) is 7.22. The van der Waals surface area contributed by atoms with Crippen LogP contribution >= 0.6 is 28.8 Å². The molecule has 0 aliphatic heterocycles. The number of unbranched alkanes of at least 4 members (excludes halogenated alkanes) is 1. The van der Waals surface area contributed by atoms with Crippen LogP contribution in [0, 0.1) is 0 Å². The molecule has 0 saturated carbocycles. The maximum absolute atomic E-state index is 7.94. The van der Waals surface area contributed by atoms with Gasteiger partial charge < -0.3 is 0 Å². The monoisotopic (exact) mass is 414 g/mol. The Balaban J connectivity index is 2.24. The molecule has 0 fully saturated rings. The van der Waals surface area contributed by atoms with Crippen molar-refractivity contribution in [3.63, 3.8) is 0 Å². The number of hydrogen-bond acceptors (Lipinski definition) is 0. The first-order chi connectivity index (χ1) is 13.2. The van der Waals surface area contributed by atoms with Crippen LogP contribution in [0.1, 0.15) is 12.8 Å². The Kier molecular flexibility index (Phi) is 6.77. The van der Waals surface area contributed by atoms with Gasteiger partial charge in [0.15, 0.2) is 0 Å². The molecule has 0 atom stereocenters. The van der Waals surface area contributed by atoms with Gasteiger partial charge in [0, 0.05) is 0 Å². The topological polar surface area (TPSA) is 0 Å². The van der Waals surface area contributed by atoms with Crippen molar-refractivity contribution in [1.82, 2.24) is 0 Å². The molecule has 0 aromatic heterocycles.